The van der Waals surface area contributed by atoms with Crippen LogP contribution in [0.4, 0.5) is 0 Å². The molecule has 1 N–H and O–H groups in total. The molecule has 0 aliphatic heterocycles. The third-order valence-corrected chi connectivity index (χ3v) is 3.38. The van der Waals surface area contributed by atoms with E-state index in [2.05, 4.69) is 9.46 Å². The molecule has 0 bridgehead atoms. The number of hydrogen-bond donors (Lipinski definition) is 1. The zero-order chi connectivity index (χ0) is 11.9. The molecule has 0 aromatic carbocycles. The highest BCUT2D eigenvalue weighted by atomic mass is 32.2. The molecule has 0 heterocycles. The summed E-state index contributed by atoms with van der Waals surface area (Å²) in [5, 5.41) is 0. The summed E-state index contributed by atoms with van der Waals surface area (Å²) in [7, 11) is -0.882. The summed E-state index contributed by atoms with van der Waals surface area (Å²) >= 11 is 0. The maximum Gasteiger partial charge on any atom is 0.320 e. The van der Waals surface area contributed by atoms with Gasteiger partial charge >= 0.3 is 5.97 Å². The van der Waals surface area contributed by atoms with Crippen LogP contribution in [0.3, 0.4) is 0 Å². The van der Waals surface area contributed by atoms with E-state index in [-0.39, 0.29) is 6.54 Å². The molecule has 0 aromatic rings. The summed E-state index contributed by atoms with van der Waals surface area (Å²) in [5.41, 5.74) is 0. The van der Waals surface area contributed by atoms with E-state index in [0.717, 1.165) is 12.8 Å². The summed E-state index contributed by atoms with van der Waals surface area (Å²) < 4.78 is 30.6. The molecule has 6 nitrogen and oxygen atoms in total. The van der Waals surface area contributed by atoms with Crippen LogP contribution in [-0.2, 0) is 19.7 Å². The van der Waals surface area contributed by atoms with Crippen molar-refractivity contribution in [1.29, 1.82) is 0 Å². The van der Waals surface area contributed by atoms with Gasteiger partial charge in [-0.3, -0.25) is 4.79 Å². The second kappa shape index (κ2) is 6.76. The number of rotatable bonds is 7. The zero-order valence-corrected chi connectivity index (χ0v) is 10.1. The van der Waals surface area contributed by atoms with E-state index in [1.165, 1.54) is 18.5 Å². The van der Waals surface area contributed by atoms with Crippen LogP contribution < -0.4 is 4.72 Å². The number of carbonyl (C=O) groups excluding carboxylic acids is 1. The lowest BCUT2D eigenvalue weighted by Gasteiger charge is -2.16. The lowest BCUT2D eigenvalue weighted by Crippen LogP contribution is -2.41. The minimum absolute atomic E-state index is 0.338. The molecule has 0 aliphatic carbocycles. The molecule has 90 valence electrons. The molecule has 0 amide bonds. The third kappa shape index (κ3) is 5.71. The van der Waals surface area contributed by atoms with E-state index >= 15 is 0 Å². The number of nitrogens with one attached hydrogen (secondary N) is 1. The Morgan fingerprint density at radius 1 is 1.47 bits per heavy atom. The van der Waals surface area contributed by atoms with E-state index in [9.17, 15) is 13.2 Å². The average molecular weight is 238 g/mol. The van der Waals surface area contributed by atoms with Crippen molar-refractivity contribution < 1.29 is 17.9 Å². The number of hydrogen-bond acceptors (Lipinski definition) is 4. The Balaban J connectivity index is 4.11. The Kier molecular flexibility index (Phi) is 6.46. The van der Waals surface area contributed by atoms with Crippen molar-refractivity contribution >= 4 is 16.2 Å². The van der Waals surface area contributed by atoms with Gasteiger partial charge in [0.25, 0.3) is 10.2 Å². The van der Waals surface area contributed by atoms with Crippen molar-refractivity contribution in [2.75, 3.05) is 27.2 Å². The smallest absolute Gasteiger partial charge is 0.320 e. The minimum atomic E-state index is -3.56. The molecular formula is C8H18N2O4S. The van der Waals surface area contributed by atoms with Crippen LogP contribution in [0.15, 0.2) is 0 Å². The molecule has 0 unspecified atom stereocenters. The first-order valence-electron chi connectivity index (χ1n) is 4.71. The highest BCUT2D eigenvalue weighted by Gasteiger charge is 2.17. The van der Waals surface area contributed by atoms with Crippen molar-refractivity contribution in [3.63, 3.8) is 0 Å². The Hall–Kier alpha value is -0.660. The van der Waals surface area contributed by atoms with Crippen molar-refractivity contribution in [3.8, 4) is 0 Å². The number of methoxy groups -OCH3 is 1. The molecule has 0 spiro atoms. The molecule has 0 atom stereocenters. The molecule has 15 heavy (non-hydrogen) atoms. The van der Waals surface area contributed by atoms with E-state index in [1.54, 1.807) is 0 Å². The molecule has 0 radical (unpaired) electrons. The van der Waals surface area contributed by atoms with Gasteiger partial charge in [0.2, 0.25) is 0 Å². The predicted molar refractivity (Wildman–Crippen MR) is 56.5 cm³/mol. The average Bonchev–Trinajstić information content (AvgIpc) is 2.22. The second-order valence-electron chi connectivity index (χ2n) is 3.08. The van der Waals surface area contributed by atoms with Gasteiger partial charge in [-0.1, -0.05) is 13.3 Å². The van der Waals surface area contributed by atoms with Crippen LogP contribution in [0.5, 0.6) is 0 Å². The van der Waals surface area contributed by atoms with Gasteiger partial charge in [0, 0.05) is 13.6 Å². The fourth-order valence-electron chi connectivity index (χ4n) is 0.833. The fourth-order valence-corrected chi connectivity index (χ4v) is 1.72. The normalized spacial score (nSPS) is 11.7. The number of unbranched alkanes of at least 4 members (excludes halogenated alkanes) is 1. The van der Waals surface area contributed by atoms with E-state index in [4.69, 9.17) is 0 Å². The molecule has 0 rings (SSSR count). The first kappa shape index (κ1) is 14.3. The molecule has 7 heteroatoms. The lowest BCUT2D eigenvalue weighted by molar-refractivity contribution is -0.139. The van der Waals surface area contributed by atoms with Gasteiger partial charge in [-0.05, 0) is 6.42 Å². The lowest BCUT2D eigenvalue weighted by atomic mass is 10.3. The van der Waals surface area contributed by atoms with Gasteiger partial charge in [-0.15, -0.1) is 0 Å². The summed E-state index contributed by atoms with van der Waals surface area (Å²) in [6, 6.07) is 0. The molecule has 0 saturated carbocycles. The van der Waals surface area contributed by atoms with Crippen LogP contribution in [0.1, 0.15) is 19.8 Å². The Morgan fingerprint density at radius 2 is 2.07 bits per heavy atom. The summed E-state index contributed by atoms with van der Waals surface area (Å²) in [6.07, 6.45) is 1.70. The Morgan fingerprint density at radius 3 is 2.53 bits per heavy atom. The van der Waals surface area contributed by atoms with Gasteiger partial charge in [-0.25, -0.2) is 0 Å². The maximum absolute atomic E-state index is 11.5. The van der Waals surface area contributed by atoms with E-state index in [1.807, 2.05) is 6.92 Å². The topological polar surface area (TPSA) is 75.7 Å². The minimum Gasteiger partial charge on any atom is -0.468 e. The Bertz CT molecular complexity index is 289. The predicted octanol–water partition coefficient (Wildman–Crippen LogP) is -0.274. The molecule has 0 aromatic heterocycles. The van der Waals surface area contributed by atoms with E-state index in [0.29, 0.717) is 6.54 Å². The molecule has 0 saturated heterocycles. The monoisotopic (exact) mass is 238 g/mol. The molecule has 0 fully saturated rings. The van der Waals surface area contributed by atoms with Crippen LogP contribution in [0, 0.1) is 0 Å². The van der Waals surface area contributed by atoms with Gasteiger partial charge in [0.1, 0.15) is 6.54 Å². The van der Waals surface area contributed by atoms with Crippen molar-refractivity contribution in [2.24, 2.45) is 0 Å². The number of ether oxygens (including phenoxy) is 1. The third-order valence-electron chi connectivity index (χ3n) is 1.86. The highest BCUT2D eigenvalue weighted by molar-refractivity contribution is 7.87. The van der Waals surface area contributed by atoms with Gasteiger partial charge in [-0.2, -0.15) is 17.4 Å². The van der Waals surface area contributed by atoms with Gasteiger partial charge < -0.3 is 4.74 Å². The van der Waals surface area contributed by atoms with Crippen molar-refractivity contribution in [2.45, 2.75) is 19.8 Å². The summed E-state index contributed by atoms with van der Waals surface area (Å²) in [4.78, 5) is 10.7. The number of esters is 1. The largest absolute Gasteiger partial charge is 0.468 e. The maximum atomic E-state index is 11.5. The number of carbonyl (C=O) groups is 1. The van der Waals surface area contributed by atoms with Gasteiger partial charge in [0.15, 0.2) is 0 Å². The van der Waals surface area contributed by atoms with Gasteiger partial charge in [0.05, 0.1) is 7.11 Å². The quantitative estimate of drug-likeness (QED) is 0.619. The highest BCUT2D eigenvalue weighted by Crippen LogP contribution is 1.97. The zero-order valence-electron chi connectivity index (χ0n) is 9.32. The Labute approximate surface area is 90.8 Å². The first-order valence-corrected chi connectivity index (χ1v) is 6.15. The van der Waals surface area contributed by atoms with Crippen LogP contribution >= 0.6 is 0 Å². The first-order chi connectivity index (χ1) is 6.94. The van der Waals surface area contributed by atoms with Crippen molar-refractivity contribution in [3.05, 3.63) is 0 Å². The van der Waals surface area contributed by atoms with Crippen molar-refractivity contribution in [1.82, 2.24) is 9.03 Å². The van der Waals surface area contributed by atoms with E-state index < -0.39 is 16.2 Å². The van der Waals surface area contributed by atoms with Crippen LogP contribution in [0.2, 0.25) is 0 Å². The second-order valence-corrected chi connectivity index (χ2v) is 4.94. The standard InChI is InChI=1S/C8H18N2O4S/c1-4-5-6-10(2)15(12,13)9-7-8(11)14-3/h9H,4-7H2,1-3H3. The fraction of sp³-hybridized carbons (Fsp3) is 0.875. The summed E-state index contributed by atoms with van der Waals surface area (Å²) in [5.74, 6) is -0.609. The molecule has 0 aliphatic rings. The SMILES string of the molecule is CCCCN(C)S(=O)(=O)NCC(=O)OC. The molecular weight excluding hydrogens is 220 g/mol. The number of nitrogens with zero attached hydrogens (tertiary/aromatic N) is 1. The van der Waals surface area contributed by atoms with Crippen LogP contribution in [-0.4, -0.2) is 45.9 Å². The van der Waals surface area contributed by atoms with Crippen LogP contribution in [0.25, 0.3) is 0 Å². The summed E-state index contributed by atoms with van der Waals surface area (Å²) in [6.45, 7) is 2.07.